The van der Waals surface area contributed by atoms with E-state index in [2.05, 4.69) is 15.5 Å². The zero-order valence-electron chi connectivity index (χ0n) is 17.3. The summed E-state index contributed by atoms with van der Waals surface area (Å²) in [7, 11) is 0. The van der Waals surface area contributed by atoms with Crippen molar-refractivity contribution in [1.29, 1.82) is 0 Å². The molecule has 8 nitrogen and oxygen atoms in total. The molecule has 0 aliphatic carbocycles. The molecule has 0 saturated heterocycles. The molecule has 3 rings (SSSR count). The van der Waals surface area contributed by atoms with Crippen LogP contribution < -0.4 is 15.5 Å². The van der Waals surface area contributed by atoms with Gasteiger partial charge in [-0.05, 0) is 31.0 Å². The Bertz CT molecular complexity index is 1160. The molecule has 0 saturated carbocycles. The molecule has 3 aromatic rings. The molecule has 2 heterocycles. The summed E-state index contributed by atoms with van der Waals surface area (Å²) in [6.45, 7) is 3.91. The Kier molecular flexibility index (Phi) is 8.12. The van der Waals surface area contributed by atoms with E-state index >= 15 is 0 Å². The highest BCUT2D eigenvalue weighted by molar-refractivity contribution is 8.00. The molecule has 0 spiro atoms. The number of esters is 1. The van der Waals surface area contributed by atoms with E-state index in [0.29, 0.717) is 15.2 Å². The second kappa shape index (κ2) is 11.0. The van der Waals surface area contributed by atoms with Gasteiger partial charge in [0.15, 0.2) is 4.34 Å². The van der Waals surface area contributed by atoms with Crippen LogP contribution in [-0.2, 0) is 10.5 Å². The van der Waals surface area contributed by atoms with Gasteiger partial charge in [0.2, 0.25) is 22.2 Å². The van der Waals surface area contributed by atoms with Crippen LogP contribution in [0.4, 0.5) is 9.52 Å². The number of aromatic nitrogens is 2. The molecule has 0 aliphatic rings. The summed E-state index contributed by atoms with van der Waals surface area (Å²) in [5.74, 6) is -1.29. The Balaban J connectivity index is 1.57. The molecule has 1 aromatic carbocycles. The Morgan fingerprint density at radius 1 is 1.25 bits per heavy atom. The summed E-state index contributed by atoms with van der Waals surface area (Å²) in [5.41, 5.74) is -0.570. The number of thioether (sulfide) groups is 1. The number of nitrogens with zero attached hydrogens (tertiary/aromatic N) is 2. The second-order valence-corrected chi connectivity index (χ2v) is 8.84. The number of nitrogens with one attached hydrogen (secondary N) is 1. The van der Waals surface area contributed by atoms with Crippen LogP contribution in [0.5, 0.6) is 5.75 Å². The third-order valence-electron chi connectivity index (χ3n) is 4.45. The van der Waals surface area contributed by atoms with Gasteiger partial charge in [-0.3, -0.25) is 9.59 Å². The molecule has 0 unspecified atom stereocenters. The van der Waals surface area contributed by atoms with E-state index in [1.165, 1.54) is 47.4 Å². The standard InChI is InChI=1S/C21H20FN3O5S2/c1-3-12(4-2)18(27)23-20-24-25-21(32-20)31-11-15-9-16(26)17(10-29-15)30-19(28)13-6-5-7-14(22)8-13/h5-10,12H,3-4,11H2,1-2H3,(H,23,24,27). The summed E-state index contributed by atoms with van der Waals surface area (Å²) < 4.78 is 24.2. The van der Waals surface area contributed by atoms with Gasteiger partial charge >= 0.3 is 5.97 Å². The monoisotopic (exact) mass is 477 g/mol. The highest BCUT2D eigenvalue weighted by Gasteiger charge is 2.17. The van der Waals surface area contributed by atoms with Gasteiger partial charge in [0.05, 0.1) is 11.3 Å². The van der Waals surface area contributed by atoms with Gasteiger partial charge in [-0.2, -0.15) is 0 Å². The van der Waals surface area contributed by atoms with Crippen LogP contribution in [0.25, 0.3) is 0 Å². The number of ether oxygens (including phenoxy) is 1. The smallest absolute Gasteiger partial charge is 0.343 e. The quantitative estimate of drug-likeness (QED) is 0.272. The van der Waals surface area contributed by atoms with E-state index in [1.54, 1.807) is 0 Å². The first-order chi connectivity index (χ1) is 15.4. The lowest BCUT2D eigenvalue weighted by Gasteiger charge is -2.09. The number of carbonyl (C=O) groups is 2. The van der Waals surface area contributed by atoms with Gasteiger partial charge in [0, 0.05) is 12.0 Å². The average molecular weight is 478 g/mol. The number of benzene rings is 1. The number of carbonyl (C=O) groups excluding carboxylic acids is 2. The first-order valence-electron chi connectivity index (χ1n) is 9.76. The predicted molar refractivity (Wildman–Crippen MR) is 119 cm³/mol. The summed E-state index contributed by atoms with van der Waals surface area (Å²) in [5, 5.41) is 11.1. The van der Waals surface area contributed by atoms with E-state index in [9.17, 15) is 18.8 Å². The van der Waals surface area contributed by atoms with Crippen molar-refractivity contribution in [2.45, 2.75) is 36.8 Å². The van der Waals surface area contributed by atoms with Crippen LogP contribution in [0.2, 0.25) is 0 Å². The topological polar surface area (TPSA) is 111 Å². The molecule has 32 heavy (non-hydrogen) atoms. The van der Waals surface area contributed by atoms with E-state index in [4.69, 9.17) is 9.15 Å². The number of hydrogen-bond donors (Lipinski definition) is 1. The van der Waals surface area contributed by atoms with Crippen LogP contribution >= 0.6 is 23.1 Å². The first kappa shape index (κ1) is 23.6. The molecule has 11 heteroatoms. The van der Waals surface area contributed by atoms with Crippen LogP contribution in [0, 0.1) is 11.7 Å². The zero-order chi connectivity index (χ0) is 23.1. The Morgan fingerprint density at radius 3 is 2.72 bits per heavy atom. The van der Waals surface area contributed by atoms with Crippen molar-refractivity contribution < 1.29 is 23.1 Å². The maximum absolute atomic E-state index is 13.2. The lowest BCUT2D eigenvalue weighted by Crippen LogP contribution is -2.21. The number of halogens is 1. The summed E-state index contributed by atoms with van der Waals surface area (Å²) in [4.78, 5) is 36.4. The summed E-state index contributed by atoms with van der Waals surface area (Å²) >= 11 is 2.50. The van der Waals surface area contributed by atoms with Crippen LogP contribution in [0.1, 0.15) is 42.8 Å². The van der Waals surface area contributed by atoms with Gasteiger partial charge in [-0.15, -0.1) is 10.2 Å². The normalized spacial score (nSPS) is 10.9. The Morgan fingerprint density at radius 2 is 2.03 bits per heavy atom. The van der Waals surface area contributed by atoms with Crippen molar-refractivity contribution in [3.8, 4) is 5.75 Å². The third kappa shape index (κ3) is 6.24. The molecule has 0 radical (unpaired) electrons. The summed E-state index contributed by atoms with van der Waals surface area (Å²) in [6, 6.07) is 6.16. The fourth-order valence-corrected chi connectivity index (χ4v) is 4.33. The molecule has 2 aromatic heterocycles. The molecular weight excluding hydrogens is 457 g/mol. The average Bonchev–Trinajstić information content (AvgIpc) is 3.22. The van der Waals surface area contributed by atoms with E-state index < -0.39 is 17.2 Å². The van der Waals surface area contributed by atoms with Crippen molar-refractivity contribution in [3.05, 3.63) is 64.0 Å². The zero-order valence-corrected chi connectivity index (χ0v) is 18.9. The molecule has 0 bridgehead atoms. The van der Waals surface area contributed by atoms with Gasteiger partial charge in [0.1, 0.15) is 17.8 Å². The van der Waals surface area contributed by atoms with E-state index in [1.807, 2.05) is 13.8 Å². The number of hydrogen-bond acceptors (Lipinski definition) is 9. The number of amides is 1. The minimum absolute atomic E-state index is 0.0209. The van der Waals surface area contributed by atoms with Gasteiger partial charge in [0.25, 0.3) is 0 Å². The molecule has 0 atom stereocenters. The SMILES string of the molecule is CCC(CC)C(=O)Nc1nnc(SCc2cc(=O)c(OC(=O)c3cccc(F)c3)co2)s1. The first-order valence-corrected chi connectivity index (χ1v) is 11.6. The van der Waals surface area contributed by atoms with Crippen LogP contribution in [-0.4, -0.2) is 22.1 Å². The Hall–Kier alpha value is -3.05. The van der Waals surface area contributed by atoms with Crippen molar-refractivity contribution >= 4 is 40.1 Å². The molecule has 1 N–H and O–H groups in total. The highest BCUT2D eigenvalue weighted by atomic mass is 32.2. The highest BCUT2D eigenvalue weighted by Crippen LogP contribution is 2.28. The molecule has 168 valence electrons. The fourth-order valence-electron chi connectivity index (χ4n) is 2.68. The van der Waals surface area contributed by atoms with E-state index in [-0.39, 0.29) is 28.9 Å². The van der Waals surface area contributed by atoms with Crippen molar-refractivity contribution in [2.75, 3.05) is 5.32 Å². The Labute approximate surface area is 191 Å². The van der Waals surface area contributed by atoms with E-state index in [0.717, 1.165) is 25.2 Å². The van der Waals surface area contributed by atoms with Gasteiger partial charge in [-0.25, -0.2) is 9.18 Å². The number of rotatable bonds is 9. The molecule has 0 aliphatic heterocycles. The van der Waals surface area contributed by atoms with Crippen molar-refractivity contribution in [1.82, 2.24) is 10.2 Å². The van der Waals surface area contributed by atoms with Crippen LogP contribution in [0.15, 0.2) is 50.1 Å². The molecular formula is C21H20FN3O5S2. The second-order valence-electron chi connectivity index (χ2n) is 6.64. The largest absolute Gasteiger partial charge is 0.464 e. The third-order valence-corrected chi connectivity index (χ3v) is 6.44. The minimum atomic E-state index is -0.865. The minimum Gasteiger partial charge on any atom is -0.464 e. The van der Waals surface area contributed by atoms with Crippen molar-refractivity contribution in [3.63, 3.8) is 0 Å². The van der Waals surface area contributed by atoms with Crippen LogP contribution in [0.3, 0.4) is 0 Å². The lowest BCUT2D eigenvalue weighted by molar-refractivity contribution is -0.120. The summed E-state index contributed by atoms with van der Waals surface area (Å²) in [6.07, 6.45) is 2.53. The number of anilines is 1. The van der Waals surface area contributed by atoms with Crippen molar-refractivity contribution in [2.24, 2.45) is 5.92 Å². The maximum atomic E-state index is 13.2. The fraction of sp³-hybridized carbons (Fsp3) is 0.286. The van der Waals surface area contributed by atoms with Gasteiger partial charge in [-0.1, -0.05) is 43.0 Å². The molecule has 0 fully saturated rings. The van der Waals surface area contributed by atoms with Gasteiger partial charge < -0.3 is 14.5 Å². The predicted octanol–water partition coefficient (Wildman–Crippen LogP) is 4.52. The molecule has 1 amide bonds. The lowest BCUT2D eigenvalue weighted by atomic mass is 10.0. The maximum Gasteiger partial charge on any atom is 0.343 e.